The summed E-state index contributed by atoms with van der Waals surface area (Å²) in [6.07, 6.45) is -0.0705. The van der Waals surface area contributed by atoms with E-state index in [4.69, 9.17) is 10.5 Å². The van der Waals surface area contributed by atoms with E-state index >= 15 is 0 Å². The Balaban J connectivity index is 2.15. The maximum Gasteiger partial charge on any atom is 0.339 e. The predicted molar refractivity (Wildman–Crippen MR) is 88.3 cm³/mol. The SMILES string of the molecule is Cc1cc(OC(C)c2ccccc2)ccc1C(C)N(O)C(N)=O. The van der Waals surface area contributed by atoms with Crippen LogP contribution in [0, 0.1) is 6.92 Å². The van der Waals surface area contributed by atoms with Crippen LogP contribution in [-0.4, -0.2) is 16.3 Å². The van der Waals surface area contributed by atoms with Crippen LogP contribution in [0.2, 0.25) is 0 Å². The van der Waals surface area contributed by atoms with Crippen molar-refractivity contribution in [2.75, 3.05) is 0 Å². The highest BCUT2D eigenvalue weighted by atomic mass is 16.5. The molecule has 5 heteroatoms. The first-order valence-electron chi connectivity index (χ1n) is 7.50. The van der Waals surface area contributed by atoms with Crippen molar-refractivity contribution >= 4 is 6.03 Å². The molecule has 0 aliphatic carbocycles. The molecule has 122 valence electrons. The number of hydrogen-bond donors (Lipinski definition) is 2. The van der Waals surface area contributed by atoms with E-state index < -0.39 is 12.1 Å². The fraction of sp³-hybridized carbons (Fsp3) is 0.278. The maximum absolute atomic E-state index is 11.1. The minimum atomic E-state index is -0.880. The quantitative estimate of drug-likeness (QED) is 0.647. The highest BCUT2D eigenvalue weighted by molar-refractivity contribution is 5.71. The second-order valence-electron chi connectivity index (χ2n) is 5.55. The third-order valence-corrected chi connectivity index (χ3v) is 3.87. The number of amides is 2. The van der Waals surface area contributed by atoms with Crippen molar-refractivity contribution in [1.82, 2.24) is 5.06 Å². The highest BCUT2D eigenvalue weighted by Gasteiger charge is 2.19. The van der Waals surface area contributed by atoms with Gasteiger partial charge in [-0.15, -0.1) is 0 Å². The van der Waals surface area contributed by atoms with Gasteiger partial charge in [0.15, 0.2) is 0 Å². The first kappa shape index (κ1) is 16.8. The van der Waals surface area contributed by atoms with E-state index in [0.29, 0.717) is 5.06 Å². The fourth-order valence-electron chi connectivity index (χ4n) is 2.51. The third kappa shape index (κ3) is 4.02. The average Bonchev–Trinajstić information content (AvgIpc) is 2.54. The molecule has 0 heterocycles. The maximum atomic E-state index is 11.1. The van der Waals surface area contributed by atoms with Crippen LogP contribution in [0.25, 0.3) is 0 Å². The summed E-state index contributed by atoms with van der Waals surface area (Å²) in [4.78, 5) is 11.1. The van der Waals surface area contributed by atoms with Gasteiger partial charge in [0.05, 0.1) is 6.04 Å². The van der Waals surface area contributed by atoms with Crippen molar-refractivity contribution in [1.29, 1.82) is 0 Å². The van der Waals surface area contributed by atoms with E-state index in [-0.39, 0.29) is 6.10 Å². The molecule has 2 rings (SSSR count). The molecule has 2 amide bonds. The summed E-state index contributed by atoms with van der Waals surface area (Å²) in [5.41, 5.74) is 7.92. The number of nitrogens with two attached hydrogens (primary N) is 1. The van der Waals surface area contributed by atoms with Gasteiger partial charge in [0.2, 0.25) is 0 Å². The Labute approximate surface area is 136 Å². The molecule has 0 saturated carbocycles. The Morgan fingerprint density at radius 3 is 2.39 bits per heavy atom. The molecule has 0 aliphatic heterocycles. The van der Waals surface area contributed by atoms with Crippen LogP contribution < -0.4 is 10.5 Å². The normalized spacial score (nSPS) is 13.2. The van der Waals surface area contributed by atoms with Crippen LogP contribution in [0.5, 0.6) is 5.75 Å². The first-order chi connectivity index (χ1) is 10.9. The molecule has 5 nitrogen and oxygen atoms in total. The van der Waals surface area contributed by atoms with Gasteiger partial charge in [-0.2, -0.15) is 5.06 Å². The lowest BCUT2D eigenvalue weighted by atomic mass is 10.0. The van der Waals surface area contributed by atoms with E-state index in [1.807, 2.05) is 62.4 Å². The lowest BCUT2D eigenvalue weighted by Gasteiger charge is -2.23. The molecule has 0 radical (unpaired) electrons. The molecule has 0 bridgehead atoms. The molecule has 23 heavy (non-hydrogen) atoms. The first-order valence-corrected chi connectivity index (χ1v) is 7.50. The number of urea groups is 1. The summed E-state index contributed by atoms with van der Waals surface area (Å²) in [5.74, 6) is 0.735. The van der Waals surface area contributed by atoms with Crippen molar-refractivity contribution in [2.45, 2.75) is 32.9 Å². The van der Waals surface area contributed by atoms with Crippen LogP contribution in [0.4, 0.5) is 4.79 Å². The number of nitrogens with zero attached hydrogens (tertiary/aromatic N) is 1. The fourth-order valence-corrected chi connectivity index (χ4v) is 2.51. The Hall–Kier alpha value is -2.53. The van der Waals surface area contributed by atoms with Gasteiger partial charge < -0.3 is 10.5 Å². The standard InChI is InChI=1S/C18H22N2O3/c1-12-11-16(23-14(3)15-7-5-4-6-8-15)9-10-17(12)13(2)20(22)18(19)21/h4-11,13-14,22H,1-3H3,(H2,19,21). The second-order valence-corrected chi connectivity index (χ2v) is 5.55. The summed E-state index contributed by atoms with van der Waals surface area (Å²) in [6, 6.07) is 14.1. The van der Waals surface area contributed by atoms with Crippen molar-refractivity contribution < 1.29 is 14.7 Å². The van der Waals surface area contributed by atoms with Crippen molar-refractivity contribution in [2.24, 2.45) is 5.73 Å². The molecule has 0 spiro atoms. The molecular formula is C18H22N2O3. The van der Waals surface area contributed by atoms with Crippen LogP contribution in [0.3, 0.4) is 0 Å². The molecule has 2 unspecified atom stereocenters. The van der Waals surface area contributed by atoms with Gasteiger partial charge in [0.1, 0.15) is 11.9 Å². The van der Waals surface area contributed by atoms with E-state index in [2.05, 4.69) is 0 Å². The molecule has 0 aliphatic rings. The van der Waals surface area contributed by atoms with Crippen LogP contribution in [-0.2, 0) is 0 Å². The monoisotopic (exact) mass is 314 g/mol. The zero-order valence-electron chi connectivity index (χ0n) is 13.6. The van der Waals surface area contributed by atoms with E-state index in [9.17, 15) is 10.0 Å². The van der Waals surface area contributed by atoms with Gasteiger partial charge in [0.25, 0.3) is 0 Å². The van der Waals surface area contributed by atoms with Gasteiger partial charge in [0, 0.05) is 0 Å². The minimum Gasteiger partial charge on any atom is -0.486 e. The number of carbonyl (C=O) groups excluding carboxylic acids is 1. The Morgan fingerprint density at radius 1 is 1.17 bits per heavy atom. The lowest BCUT2D eigenvalue weighted by Crippen LogP contribution is -2.35. The third-order valence-electron chi connectivity index (χ3n) is 3.87. The van der Waals surface area contributed by atoms with Crippen molar-refractivity contribution in [3.05, 3.63) is 65.2 Å². The number of aryl methyl sites for hydroxylation is 1. The zero-order valence-corrected chi connectivity index (χ0v) is 13.6. The minimum absolute atomic E-state index is 0.0705. The van der Waals surface area contributed by atoms with Crippen LogP contribution in [0.15, 0.2) is 48.5 Å². The number of benzene rings is 2. The number of primary amides is 1. The number of ether oxygens (including phenoxy) is 1. The van der Waals surface area contributed by atoms with Gasteiger partial charge in [-0.05, 0) is 49.6 Å². The van der Waals surface area contributed by atoms with E-state index in [1.54, 1.807) is 6.92 Å². The predicted octanol–water partition coefficient (Wildman–Crippen LogP) is 3.97. The van der Waals surface area contributed by atoms with Crippen LogP contribution >= 0.6 is 0 Å². The van der Waals surface area contributed by atoms with Gasteiger partial charge >= 0.3 is 6.03 Å². The number of hydroxylamine groups is 2. The Morgan fingerprint density at radius 2 is 1.83 bits per heavy atom. The summed E-state index contributed by atoms with van der Waals surface area (Å²) in [7, 11) is 0. The molecule has 2 aromatic carbocycles. The number of hydrogen-bond acceptors (Lipinski definition) is 3. The smallest absolute Gasteiger partial charge is 0.339 e. The summed E-state index contributed by atoms with van der Waals surface area (Å²) >= 11 is 0. The molecule has 2 atom stereocenters. The highest BCUT2D eigenvalue weighted by Crippen LogP contribution is 2.28. The van der Waals surface area contributed by atoms with Crippen molar-refractivity contribution in [3.8, 4) is 5.75 Å². The Kier molecular flexibility index (Phi) is 5.24. The second kappa shape index (κ2) is 7.15. The lowest BCUT2D eigenvalue weighted by molar-refractivity contribution is -0.0711. The van der Waals surface area contributed by atoms with E-state index in [0.717, 1.165) is 22.4 Å². The van der Waals surface area contributed by atoms with Crippen LogP contribution in [0.1, 0.15) is 42.7 Å². The molecular weight excluding hydrogens is 292 g/mol. The molecule has 2 aromatic rings. The van der Waals surface area contributed by atoms with Crippen molar-refractivity contribution in [3.63, 3.8) is 0 Å². The van der Waals surface area contributed by atoms with Gasteiger partial charge in [-0.25, -0.2) is 4.79 Å². The molecule has 0 aromatic heterocycles. The molecule has 0 fully saturated rings. The molecule has 3 N–H and O–H groups in total. The summed E-state index contributed by atoms with van der Waals surface area (Å²) < 4.78 is 5.96. The van der Waals surface area contributed by atoms with E-state index in [1.165, 1.54) is 0 Å². The summed E-state index contributed by atoms with van der Waals surface area (Å²) in [5, 5.41) is 10.2. The number of rotatable bonds is 5. The van der Waals surface area contributed by atoms with Gasteiger partial charge in [-0.3, -0.25) is 5.21 Å². The average molecular weight is 314 g/mol. The molecule has 0 saturated heterocycles. The Bertz CT molecular complexity index is 673. The largest absolute Gasteiger partial charge is 0.486 e. The number of carbonyl (C=O) groups is 1. The summed E-state index contributed by atoms with van der Waals surface area (Å²) in [6.45, 7) is 5.60. The zero-order chi connectivity index (χ0) is 17.0. The topological polar surface area (TPSA) is 75.8 Å². The van der Waals surface area contributed by atoms with Gasteiger partial charge in [-0.1, -0.05) is 36.4 Å².